The number of carbonyl (C=O) groups is 1. The van der Waals surface area contributed by atoms with Crippen molar-refractivity contribution in [3.05, 3.63) is 76.6 Å². The molecule has 9 heteroatoms. The van der Waals surface area contributed by atoms with Gasteiger partial charge in [0.2, 0.25) is 0 Å². The summed E-state index contributed by atoms with van der Waals surface area (Å²) in [6.45, 7) is 5.95. The van der Waals surface area contributed by atoms with E-state index in [2.05, 4.69) is 42.4 Å². The lowest BCUT2D eigenvalue weighted by atomic mass is 10.2. The Labute approximate surface area is 196 Å². The Morgan fingerprint density at radius 1 is 0.879 bits per heavy atom. The summed E-state index contributed by atoms with van der Waals surface area (Å²) in [6, 6.07) is 17.4. The van der Waals surface area contributed by atoms with Crippen molar-refractivity contribution in [1.82, 2.24) is 19.6 Å². The third-order valence-corrected chi connectivity index (χ3v) is 5.59. The Kier molecular flexibility index (Phi) is 6.89. The maximum atomic E-state index is 12.6. The van der Waals surface area contributed by atoms with Gasteiger partial charge in [0.1, 0.15) is 22.3 Å². The van der Waals surface area contributed by atoms with E-state index in [4.69, 9.17) is 0 Å². The van der Waals surface area contributed by atoms with Gasteiger partial charge in [-0.1, -0.05) is 35.5 Å². The van der Waals surface area contributed by atoms with Crippen LogP contribution in [-0.2, 0) is 6.42 Å². The van der Waals surface area contributed by atoms with Gasteiger partial charge in [0, 0.05) is 23.1 Å². The molecular weight excluding hydrogens is 434 g/mol. The second-order valence-electron chi connectivity index (χ2n) is 7.63. The molecule has 0 unspecified atom stereocenters. The predicted molar refractivity (Wildman–Crippen MR) is 133 cm³/mol. The summed E-state index contributed by atoms with van der Waals surface area (Å²) in [5.41, 5.74) is 4.45. The maximum Gasteiger partial charge on any atom is 0.269 e. The largest absolute Gasteiger partial charge is 0.340 e. The van der Waals surface area contributed by atoms with Gasteiger partial charge in [-0.05, 0) is 68.2 Å². The third-order valence-electron chi connectivity index (χ3n) is 4.83. The number of hydrogen-bond donors (Lipinski definition) is 3. The first kappa shape index (κ1) is 22.3. The number of aromatic nitrogens is 4. The standard InChI is InChI=1S/C24H25N7OS/c1-4-5-20-23(33-31-30-20)24(32)29-19-12-10-18(11-13-19)28-22-14-21(25-16(3)26-22)27-17-8-6-15(2)7-9-17/h6-14H,4-5H2,1-3H3,(H,29,32)(H2,25,26,27,28). The molecule has 168 valence electrons. The van der Waals surface area contributed by atoms with Crippen LogP contribution in [-0.4, -0.2) is 25.5 Å². The van der Waals surface area contributed by atoms with Crippen molar-refractivity contribution in [3.63, 3.8) is 0 Å². The summed E-state index contributed by atoms with van der Waals surface area (Å²) in [4.78, 5) is 22.1. The molecule has 0 bridgehead atoms. The zero-order valence-electron chi connectivity index (χ0n) is 18.7. The SMILES string of the molecule is CCCc1nnsc1C(=O)Nc1ccc(Nc2cc(Nc3ccc(C)cc3)nc(C)n2)cc1. The molecule has 2 aromatic carbocycles. The highest BCUT2D eigenvalue weighted by Crippen LogP contribution is 2.23. The number of hydrogen-bond acceptors (Lipinski definition) is 8. The van der Waals surface area contributed by atoms with E-state index in [-0.39, 0.29) is 5.91 Å². The van der Waals surface area contributed by atoms with Crippen LogP contribution in [0.1, 0.15) is 40.1 Å². The lowest BCUT2D eigenvalue weighted by Gasteiger charge is -2.11. The molecule has 4 rings (SSSR count). The number of rotatable bonds is 8. The summed E-state index contributed by atoms with van der Waals surface area (Å²) >= 11 is 1.12. The zero-order chi connectivity index (χ0) is 23.2. The molecule has 0 aliphatic rings. The van der Waals surface area contributed by atoms with Crippen molar-refractivity contribution < 1.29 is 4.79 Å². The first-order valence-electron chi connectivity index (χ1n) is 10.7. The van der Waals surface area contributed by atoms with Crippen LogP contribution in [0.3, 0.4) is 0 Å². The molecule has 1 amide bonds. The fraction of sp³-hybridized carbons (Fsp3) is 0.208. The molecule has 0 aliphatic carbocycles. The van der Waals surface area contributed by atoms with Crippen molar-refractivity contribution in [3.8, 4) is 0 Å². The van der Waals surface area contributed by atoms with Crippen LogP contribution in [0.4, 0.5) is 28.7 Å². The van der Waals surface area contributed by atoms with Crippen LogP contribution in [0.15, 0.2) is 54.6 Å². The molecule has 3 N–H and O–H groups in total. The number of carbonyl (C=O) groups excluding carboxylic acids is 1. The van der Waals surface area contributed by atoms with Crippen LogP contribution in [0, 0.1) is 13.8 Å². The van der Waals surface area contributed by atoms with E-state index in [1.165, 1.54) is 5.56 Å². The maximum absolute atomic E-state index is 12.6. The molecule has 0 spiro atoms. The Bertz CT molecular complexity index is 1240. The fourth-order valence-electron chi connectivity index (χ4n) is 3.23. The molecule has 0 radical (unpaired) electrons. The van der Waals surface area contributed by atoms with Gasteiger partial charge in [-0.2, -0.15) is 0 Å². The minimum atomic E-state index is -0.188. The number of aryl methyl sites for hydroxylation is 3. The van der Waals surface area contributed by atoms with E-state index in [0.29, 0.717) is 28.0 Å². The van der Waals surface area contributed by atoms with E-state index in [0.717, 1.165) is 41.4 Å². The predicted octanol–water partition coefficient (Wildman–Crippen LogP) is 5.64. The first-order valence-corrected chi connectivity index (χ1v) is 11.5. The van der Waals surface area contributed by atoms with Gasteiger partial charge < -0.3 is 16.0 Å². The van der Waals surface area contributed by atoms with Gasteiger partial charge in [-0.3, -0.25) is 4.79 Å². The average molecular weight is 460 g/mol. The Hall–Kier alpha value is -3.85. The molecule has 0 aliphatic heterocycles. The highest BCUT2D eigenvalue weighted by atomic mass is 32.1. The first-order chi connectivity index (χ1) is 16.0. The average Bonchev–Trinajstić information content (AvgIpc) is 3.25. The Morgan fingerprint density at radius 2 is 1.45 bits per heavy atom. The second-order valence-corrected chi connectivity index (χ2v) is 8.39. The van der Waals surface area contributed by atoms with Crippen LogP contribution in [0.25, 0.3) is 0 Å². The van der Waals surface area contributed by atoms with Crippen LogP contribution in [0.5, 0.6) is 0 Å². The number of amides is 1. The molecule has 0 saturated heterocycles. The summed E-state index contributed by atoms with van der Waals surface area (Å²) in [5.74, 6) is 1.85. The number of nitrogens with zero attached hydrogens (tertiary/aromatic N) is 4. The van der Waals surface area contributed by atoms with Gasteiger partial charge in [0.15, 0.2) is 0 Å². The van der Waals surface area contributed by atoms with Crippen molar-refractivity contribution in [2.24, 2.45) is 0 Å². The van der Waals surface area contributed by atoms with Gasteiger partial charge in [-0.15, -0.1) is 5.10 Å². The molecular formula is C24H25N7OS. The fourth-order valence-corrected chi connectivity index (χ4v) is 3.84. The molecule has 33 heavy (non-hydrogen) atoms. The molecule has 4 aromatic rings. The molecule has 0 fully saturated rings. The number of benzene rings is 2. The van der Waals surface area contributed by atoms with Crippen LogP contribution >= 0.6 is 11.5 Å². The van der Waals surface area contributed by atoms with Crippen molar-refractivity contribution in [2.45, 2.75) is 33.6 Å². The number of nitrogens with one attached hydrogen (secondary N) is 3. The van der Waals surface area contributed by atoms with Gasteiger partial charge >= 0.3 is 0 Å². The van der Waals surface area contributed by atoms with E-state index in [1.807, 2.05) is 68.4 Å². The Morgan fingerprint density at radius 3 is 2.06 bits per heavy atom. The monoisotopic (exact) mass is 459 g/mol. The highest BCUT2D eigenvalue weighted by Gasteiger charge is 2.15. The lowest BCUT2D eigenvalue weighted by Crippen LogP contribution is -2.12. The quantitative estimate of drug-likeness (QED) is 0.313. The highest BCUT2D eigenvalue weighted by molar-refractivity contribution is 7.08. The smallest absolute Gasteiger partial charge is 0.269 e. The summed E-state index contributed by atoms with van der Waals surface area (Å²) in [6.07, 6.45) is 1.65. The van der Waals surface area contributed by atoms with E-state index < -0.39 is 0 Å². The normalized spacial score (nSPS) is 10.6. The molecule has 2 heterocycles. The van der Waals surface area contributed by atoms with Gasteiger partial charge in [0.25, 0.3) is 5.91 Å². The molecule has 0 saturated carbocycles. The molecule has 0 atom stereocenters. The molecule has 2 aromatic heterocycles. The van der Waals surface area contributed by atoms with Crippen LogP contribution in [0.2, 0.25) is 0 Å². The summed E-state index contributed by atoms with van der Waals surface area (Å²) in [5, 5.41) is 13.6. The van der Waals surface area contributed by atoms with Gasteiger partial charge in [-0.25, -0.2) is 9.97 Å². The topological polar surface area (TPSA) is 105 Å². The second kappa shape index (κ2) is 10.2. The Balaban J connectivity index is 1.42. The third kappa shape index (κ3) is 5.89. The zero-order valence-corrected chi connectivity index (χ0v) is 19.5. The van der Waals surface area contributed by atoms with Crippen molar-refractivity contribution in [1.29, 1.82) is 0 Å². The summed E-state index contributed by atoms with van der Waals surface area (Å²) < 4.78 is 3.91. The van der Waals surface area contributed by atoms with E-state index >= 15 is 0 Å². The summed E-state index contributed by atoms with van der Waals surface area (Å²) in [7, 11) is 0. The van der Waals surface area contributed by atoms with Crippen molar-refractivity contribution >= 4 is 46.1 Å². The van der Waals surface area contributed by atoms with E-state index in [9.17, 15) is 4.79 Å². The van der Waals surface area contributed by atoms with E-state index in [1.54, 1.807) is 0 Å². The molecule has 8 nitrogen and oxygen atoms in total. The lowest BCUT2D eigenvalue weighted by molar-refractivity contribution is 0.102. The number of anilines is 5. The van der Waals surface area contributed by atoms with Crippen molar-refractivity contribution in [2.75, 3.05) is 16.0 Å². The van der Waals surface area contributed by atoms with Gasteiger partial charge in [0.05, 0.1) is 5.69 Å². The minimum Gasteiger partial charge on any atom is -0.340 e. The minimum absolute atomic E-state index is 0.188. The van der Waals surface area contributed by atoms with Crippen LogP contribution < -0.4 is 16.0 Å².